The molecule has 3 nitrogen and oxygen atoms in total. The standard InChI is InChI=1S/C11H16ClN3/c12-11-4-3-9(7-14-11)8-15-5-1-2-10(15)6-13/h3-4,7,10H,1-2,5-6,8,13H2/t10-/m1/s1. The monoisotopic (exact) mass is 225 g/mol. The van der Waals surface area contributed by atoms with Gasteiger partial charge in [-0.25, -0.2) is 4.98 Å². The van der Waals surface area contributed by atoms with Gasteiger partial charge < -0.3 is 5.73 Å². The third-order valence-corrected chi connectivity index (χ3v) is 3.17. The summed E-state index contributed by atoms with van der Waals surface area (Å²) in [4.78, 5) is 6.50. The lowest BCUT2D eigenvalue weighted by molar-refractivity contribution is 0.250. The average Bonchev–Trinajstić information content (AvgIpc) is 2.69. The number of nitrogens with zero attached hydrogens (tertiary/aromatic N) is 2. The second kappa shape index (κ2) is 4.92. The molecule has 2 N–H and O–H groups in total. The van der Waals surface area contributed by atoms with Crippen molar-refractivity contribution in [2.24, 2.45) is 5.73 Å². The fraction of sp³-hybridized carbons (Fsp3) is 0.545. The van der Waals surface area contributed by atoms with Crippen molar-refractivity contribution in [2.45, 2.75) is 25.4 Å². The van der Waals surface area contributed by atoms with E-state index in [-0.39, 0.29) is 0 Å². The second-order valence-corrected chi connectivity index (χ2v) is 4.38. The van der Waals surface area contributed by atoms with E-state index in [9.17, 15) is 0 Å². The van der Waals surface area contributed by atoms with Crippen molar-refractivity contribution in [1.82, 2.24) is 9.88 Å². The summed E-state index contributed by atoms with van der Waals surface area (Å²) in [5, 5.41) is 0.551. The Morgan fingerprint density at radius 2 is 2.40 bits per heavy atom. The van der Waals surface area contributed by atoms with Crippen LogP contribution in [0.2, 0.25) is 5.15 Å². The predicted octanol–water partition coefficient (Wildman–Crippen LogP) is 1.66. The van der Waals surface area contributed by atoms with E-state index < -0.39 is 0 Å². The molecule has 82 valence electrons. The molecule has 1 aliphatic rings. The first-order valence-electron chi connectivity index (χ1n) is 5.34. The van der Waals surface area contributed by atoms with Crippen LogP contribution in [0.15, 0.2) is 18.3 Å². The Bertz CT molecular complexity index is 312. The minimum atomic E-state index is 0.542. The van der Waals surface area contributed by atoms with Crippen LogP contribution in [0.5, 0.6) is 0 Å². The summed E-state index contributed by atoms with van der Waals surface area (Å²) in [6, 6.07) is 4.41. The van der Waals surface area contributed by atoms with Crippen LogP contribution in [0.1, 0.15) is 18.4 Å². The van der Waals surface area contributed by atoms with E-state index in [2.05, 4.69) is 9.88 Å². The van der Waals surface area contributed by atoms with Gasteiger partial charge in [-0.3, -0.25) is 4.90 Å². The molecule has 0 bridgehead atoms. The molecule has 2 rings (SSSR count). The molecule has 0 spiro atoms. The third kappa shape index (κ3) is 2.68. The van der Waals surface area contributed by atoms with Gasteiger partial charge in [0.25, 0.3) is 0 Å². The summed E-state index contributed by atoms with van der Waals surface area (Å²) in [6.07, 6.45) is 4.31. The van der Waals surface area contributed by atoms with Gasteiger partial charge in [0, 0.05) is 25.3 Å². The fourth-order valence-electron chi connectivity index (χ4n) is 2.10. The van der Waals surface area contributed by atoms with Crippen LogP contribution in [0.3, 0.4) is 0 Å². The quantitative estimate of drug-likeness (QED) is 0.796. The zero-order valence-corrected chi connectivity index (χ0v) is 9.45. The molecule has 1 aromatic rings. The highest BCUT2D eigenvalue weighted by Crippen LogP contribution is 2.19. The number of likely N-dealkylation sites (tertiary alicyclic amines) is 1. The molecule has 0 aromatic carbocycles. The molecule has 4 heteroatoms. The van der Waals surface area contributed by atoms with E-state index in [1.54, 1.807) is 0 Å². The first-order chi connectivity index (χ1) is 7.29. The number of nitrogens with two attached hydrogens (primary N) is 1. The Balaban J connectivity index is 1.99. The minimum absolute atomic E-state index is 0.542. The zero-order valence-electron chi connectivity index (χ0n) is 8.69. The summed E-state index contributed by atoms with van der Waals surface area (Å²) in [5.41, 5.74) is 6.93. The van der Waals surface area contributed by atoms with Crippen LogP contribution < -0.4 is 5.73 Å². The molecular weight excluding hydrogens is 210 g/mol. The summed E-state index contributed by atoms with van der Waals surface area (Å²) in [5.74, 6) is 0. The normalized spacial score (nSPS) is 22.1. The van der Waals surface area contributed by atoms with Crippen LogP contribution in [0.4, 0.5) is 0 Å². The van der Waals surface area contributed by atoms with Gasteiger partial charge >= 0.3 is 0 Å². The van der Waals surface area contributed by atoms with E-state index in [1.807, 2.05) is 18.3 Å². The molecule has 0 amide bonds. The maximum absolute atomic E-state index is 5.74. The number of aromatic nitrogens is 1. The summed E-state index contributed by atoms with van der Waals surface area (Å²) in [7, 11) is 0. The molecule has 15 heavy (non-hydrogen) atoms. The summed E-state index contributed by atoms with van der Waals surface area (Å²) in [6.45, 7) is 2.83. The van der Waals surface area contributed by atoms with Crippen LogP contribution in [-0.4, -0.2) is 29.0 Å². The Morgan fingerprint density at radius 3 is 3.07 bits per heavy atom. The number of rotatable bonds is 3. The van der Waals surface area contributed by atoms with Gasteiger partial charge in [-0.2, -0.15) is 0 Å². The van der Waals surface area contributed by atoms with E-state index in [4.69, 9.17) is 17.3 Å². The molecule has 1 fully saturated rings. The van der Waals surface area contributed by atoms with Gasteiger partial charge in [0.2, 0.25) is 0 Å². The van der Waals surface area contributed by atoms with Crippen LogP contribution in [0.25, 0.3) is 0 Å². The van der Waals surface area contributed by atoms with E-state index in [0.29, 0.717) is 11.2 Å². The summed E-state index contributed by atoms with van der Waals surface area (Å²) < 4.78 is 0. The van der Waals surface area contributed by atoms with E-state index in [0.717, 1.165) is 19.6 Å². The molecule has 0 radical (unpaired) electrons. The van der Waals surface area contributed by atoms with Crippen molar-refractivity contribution in [3.8, 4) is 0 Å². The van der Waals surface area contributed by atoms with Gasteiger partial charge in [0.05, 0.1) is 0 Å². The fourth-order valence-corrected chi connectivity index (χ4v) is 2.22. The molecule has 0 unspecified atom stereocenters. The third-order valence-electron chi connectivity index (χ3n) is 2.95. The molecule has 1 aliphatic heterocycles. The first kappa shape index (κ1) is 10.9. The molecule has 2 heterocycles. The maximum atomic E-state index is 5.74. The van der Waals surface area contributed by atoms with Crippen LogP contribution in [-0.2, 0) is 6.54 Å². The molecular formula is C11H16ClN3. The van der Waals surface area contributed by atoms with Gasteiger partial charge in [-0.15, -0.1) is 0 Å². The molecule has 1 saturated heterocycles. The summed E-state index contributed by atoms with van der Waals surface area (Å²) >= 11 is 5.74. The number of hydrogen-bond acceptors (Lipinski definition) is 3. The molecule has 1 atom stereocenters. The molecule has 1 aromatic heterocycles. The average molecular weight is 226 g/mol. The van der Waals surface area contributed by atoms with Crippen molar-refractivity contribution in [3.05, 3.63) is 29.0 Å². The van der Waals surface area contributed by atoms with Crippen LogP contribution in [0, 0.1) is 0 Å². The largest absolute Gasteiger partial charge is 0.329 e. The van der Waals surface area contributed by atoms with Gasteiger partial charge in [-0.1, -0.05) is 17.7 Å². The minimum Gasteiger partial charge on any atom is -0.329 e. The smallest absolute Gasteiger partial charge is 0.129 e. The van der Waals surface area contributed by atoms with Crippen molar-refractivity contribution in [2.75, 3.05) is 13.1 Å². The topological polar surface area (TPSA) is 42.1 Å². The molecule has 0 aliphatic carbocycles. The van der Waals surface area contributed by atoms with E-state index in [1.165, 1.54) is 18.4 Å². The first-order valence-corrected chi connectivity index (χ1v) is 5.72. The Kier molecular flexibility index (Phi) is 3.57. The highest BCUT2D eigenvalue weighted by molar-refractivity contribution is 6.29. The predicted molar refractivity (Wildman–Crippen MR) is 61.7 cm³/mol. The number of halogens is 1. The Hall–Kier alpha value is -0.640. The Labute approximate surface area is 95.2 Å². The van der Waals surface area contributed by atoms with E-state index >= 15 is 0 Å². The van der Waals surface area contributed by atoms with Gasteiger partial charge in [0.1, 0.15) is 5.15 Å². The number of pyridine rings is 1. The van der Waals surface area contributed by atoms with Gasteiger partial charge in [-0.05, 0) is 31.0 Å². The van der Waals surface area contributed by atoms with Crippen molar-refractivity contribution in [1.29, 1.82) is 0 Å². The zero-order chi connectivity index (χ0) is 10.7. The maximum Gasteiger partial charge on any atom is 0.129 e. The van der Waals surface area contributed by atoms with Crippen molar-refractivity contribution in [3.63, 3.8) is 0 Å². The Morgan fingerprint density at radius 1 is 1.53 bits per heavy atom. The lowest BCUT2D eigenvalue weighted by Crippen LogP contribution is -2.34. The lowest BCUT2D eigenvalue weighted by atomic mass is 10.2. The second-order valence-electron chi connectivity index (χ2n) is 3.99. The highest BCUT2D eigenvalue weighted by atomic mass is 35.5. The van der Waals surface area contributed by atoms with Crippen LogP contribution >= 0.6 is 11.6 Å². The van der Waals surface area contributed by atoms with Crippen molar-refractivity contribution < 1.29 is 0 Å². The number of hydrogen-bond donors (Lipinski definition) is 1. The van der Waals surface area contributed by atoms with Gasteiger partial charge in [0.15, 0.2) is 0 Å². The lowest BCUT2D eigenvalue weighted by Gasteiger charge is -2.22. The van der Waals surface area contributed by atoms with Crippen molar-refractivity contribution >= 4 is 11.6 Å². The highest BCUT2D eigenvalue weighted by Gasteiger charge is 2.22. The SMILES string of the molecule is NC[C@H]1CCCN1Cc1ccc(Cl)nc1. The molecule has 0 saturated carbocycles.